The summed E-state index contributed by atoms with van der Waals surface area (Å²) in [6.07, 6.45) is 4.52. The first-order valence-electron chi connectivity index (χ1n) is 10.2. The standard InChI is InChI=1S/C22H29N5O2S/c1-14-19(15(2)25-22(24-14)30-3)8-9-20(28)26-17-4-6-18(7-5-17)27-12-10-16(11-13-27)21(23)29/h4-7,16H,8-13H2,1-3H3,(H2,23,29)(H,26,28). The molecule has 2 amide bonds. The Bertz CT molecular complexity index is 885. The highest BCUT2D eigenvalue weighted by Gasteiger charge is 2.23. The number of piperidine rings is 1. The molecule has 3 rings (SSSR count). The lowest BCUT2D eigenvalue weighted by molar-refractivity contribution is -0.122. The third kappa shape index (κ3) is 5.50. The van der Waals surface area contributed by atoms with Crippen molar-refractivity contribution in [3.63, 3.8) is 0 Å². The van der Waals surface area contributed by atoms with E-state index in [1.807, 2.05) is 44.4 Å². The van der Waals surface area contributed by atoms with Crippen LogP contribution in [0.5, 0.6) is 0 Å². The zero-order valence-electron chi connectivity index (χ0n) is 17.8. The number of primary amides is 1. The minimum Gasteiger partial charge on any atom is -0.371 e. The molecule has 0 radical (unpaired) electrons. The Morgan fingerprint density at radius 1 is 1.13 bits per heavy atom. The number of benzene rings is 1. The predicted octanol–water partition coefficient (Wildman–Crippen LogP) is 3.09. The summed E-state index contributed by atoms with van der Waals surface area (Å²) in [5.41, 5.74) is 10.2. The summed E-state index contributed by atoms with van der Waals surface area (Å²) in [4.78, 5) is 34.9. The number of aromatic nitrogens is 2. The number of nitrogens with one attached hydrogen (secondary N) is 1. The largest absolute Gasteiger partial charge is 0.371 e. The van der Waals surface area contributed by atoms with Crippen molar-refractivity contribution in [1.29, 1.82) is 0 Å². The number of hydrogen-bond acceptors (Lipinski definition) is 6. The number of amides is 2. The van der Waals surface area contributed by atoms with Gasteiger partial charge in [-0.15, -0.1) is 0 Å². The van der Waals surface area contributed by atoms with E-state index in [0.29, 0.717) is 12.8 Å². The lowest BCUT2D eigenvalue weighted by Crippen LogP contribution is -2.38. The second kappa shape index (κ2) is 9.93. The van der Waals surface area contributed by atoms with Crippen LogP contribution in [-0.2, 0) is 16.0 Å². The molecule has 0 saturated carbocycles. The van der Waals surface area contributed by atoms with E-state index in [0.717, 1.165) is 59.4 Å². The molecule has 160 valence electrons. The lowest BCUT2D eigenvalue weighted by Gasteiger charge is -2.32. The maximum Gasteiger partial charge on any atom is 0.224 e. The van der Waals surface area contributed by atoms with Crippen molar-refractivity contribution < 1.29 is 9.59 Å². The van der Waals surface area contributed by atoms with Gasteiger partial charge in [0.25, 0.3) is 0 Å². The van der Waals surface area contributed by atoms with Crippen LogP contribution in [0.15, 0.2) is 29.4 Å². The van der Waals surface area contributed by atoms with Gasteiger partial charge in [0.05, 0.1) is 0 Å². The van der Waals surface area contributed by atoms with E-state index in [1.54, 1.807) is 0 Å². The van der Waals surface area contributed by atoms with E-state index < -0.39 is 0 Å². The van der Waals surface area contributed by atoms with Crippen LogP contribution in [-0.4, -0.2) is 41.1 Å². The quantitative estimate of drug-likeness (QED) is 0.520. The monoisotopic (exact) mass is 427 g/mol. The Morgan fingerprint density at radius 2 is 1.73 bits per heavy atom. The van der Waals surface area contributed by atoms with Gasteiger partial charge in [-0.1, -0.05) is 11.8 Å². The second-order valence-electron chi connectivity index (χ2n) is 7.62. The summed E-state index contributed by atoms with van der Waals surface area (Å²) in [6, 6.07) is 7.84. The van der Waals surface area contributed by atoms with Crippen molar-refractivity contribution in [2.75, 3.05) is 29.6 Å². The third-order valence-electron chi connectivity index (χ3n) is 5.60. The van der Waals surface area contributed by atoms with Crippen LogP contribution >= 0.6 is 11.8 Å². The van der Waals surface area contributed by atoms with Gasteiger partial charge in [-0.3, -0.25) is 9.59 Å². The zero-order chi connectivity index (χ0) is 21.7. The van der Waals surface area contributed by atoms with Crippen LogP contribution in [0.1, 0.15) is 36.2 Å². The van der Waals surface area contributed by atoms with E-state index in [-0.39, 0.29) is 17.7 Å². The highest BCUT2D eigenvalue weighted by atomic mass is 32.2. The molecule has 0 unspecified atom stereocenters. The first kappa shape index (κ1) is 22.1. The number of hydrogen-bond donors (Lipinski definition) is 2. The fraction of sp³-hybridized carbons (Fsp3) is 0.455. The van der Waals surface area contributed by atoms with E-state index in [1.165, 1.54) is 11.8 Å². The second-order valence-corrected chi connectivity index (χ2v) is 8.39. The van der Waals surface area contributed by atoms with Gasteiger partial charge < -0.3 is 16.0 Å². The minimum absolute atomic E-state index is 0.0191. The van der Waals surface area contributed by atoms with E-state index in [4.69, 9.17) is 5.73 Å². The zero-order valence-corrected chi connectivity index (χ0v) is 18.6. The molecule has 1 aliphatic rings. The molecule has 0 bridgehead atoms. The first-order valence-corrected chi connectivity index (χ1v) is 11.4. The summed E-state index contributed by atoms with van der Waals surface area (Å²) >= 11 is 1.52. The molecule has 2 heterocycles. The molecule has 1 aliphatic heterocycles. The number of anilines is 2. The molecule has 0 atom stereocenters. The Morgan fingerprint density at radius 3 is 2.27 bits per heavy atom. The maximum atomic E-state index is 12.4. The molecule has 1 fully saturated rings. The van der Waals surface area contributed by atoms with Gasteiger partial charge in [0, 0.05) is 48.2 Å². The molecule has 1 aromatic heterocycles. The summed E-state index contributed by atoms with van der Waals surface area (Å²) < 4.78 is 0. The molecule has 7 nitrogen and oxygen atoms in total. The van der Waals surface area contributed by atoms with Crippen LogP contribution in [0.3, 0.4) is 0 Å². The van der Waals surface area contributed by atoms with Gasteiger partial charge in [-0.05, 0) is 69.2 Å². The summed E-state index contributed by atoms with van der Waals surface area (Å²) in [7, 11) is 0. The SMILES string of the molecule is CSc1nc(C)c(CCC(=O)Nc2ccc(N3CCC(C(N)=O)CC3)cc2)c(C)n1. The fourth-order valence-corrected chi connectivity index (χ4v) is 4.26. The van der Waals surface area contributed by atoms with Crippen molar-refractivity contribution >= 4 is 35.0 Å². The van der Waals surface area contributed by atoms with Gasteiger partial charge in [-0.25, -0.2) is 9.97 Å². The summed E-state index contributed by atoms with van der Waals surface area (Å²) in [6.45, 7) is 5.56. The van der Waals surface area contributed by atoms with Crippen molar-refractivity contribution in [3.8, 4) is 0 Å². The molecule has 0 spiro atoms. The highest BCUT2D eigenvalue weighted by Crippen LogP contribution is 2.24. The molecular formula is C22H29N5O2S. The highest BCUT2D eigenvalue weighted by molar-refractivity contribution is 7.98. The number of thioether (sulfide) groups is 1. The average molecular weight is 428 g/mol. The number of nitrogens with zero attached hydrogens (tertiary/aromatic N) is 3. The van der Waals surface area contributed by atoms with E-state index in [9.17, 15) is 9.59 Å². The fourth-order valence-electron chi connectivity index (χ4n) is 3.80. The molecular weight excluding hydrogens is 398 g/mol. The van der Waals surface area contributed by atoms with Gasteiger partial charge in [0.2, 0.25) is 11.8 Å². The Balaban J connectivity index is 1.52. The predicted molar refractivity (Wildman–Crippen MR) is 121 cm³/mol. The molecule has 8 heteroatoms. The van der Waals surface area contributed by atoms with Crippen molar-refractivity contribution in [3.05, 3.63) is 41.2 Å². The average Bonchev–Trinajstić information content (AvgIpc) is 2.73. The summed E-state index contributed by atoms with van der Waals surface area (Å²) in [5.74, 6) is -0.253. The van der Waals surface area contributed by atoms with Crippen LogP contribution in [0.2, 0.25) is 0 Å². The van der Waals surface area contributed by atoms with Crippen LogP contribution in [0, 0.1) is 19.8 Å². The van der Waals surface area contributed by atoms with Crippen LogP contribution in [0.4, 0.5) is 11.4 Å². The summed E-state index contributed by atoms with van der Waals surface area (Å²) in [5, 5.41) is 3.72. The van der Waals surface area contributed by atoms with Gasteiger partial charge in [0.15, 0.2) is 5.16 Å². The normalized spacial score (nSPS) is 14.6. The maximum absolute atomic E-state index is 12.4. The molecule has 2 aromatic rings. The Hall–Kier alpha value is -2.61. The molecule has 0 aliphatic carbocycles. The van der Waals surface area contributed by atoms with Crippen LogP contribution < -0.4 is 16.0 Å². The first-order chi connectivity index (χ1) is 14.4. The topological polar surface area (TPSA) is 101 Å². The Kier molecular flexibility index (Phi) is 7.31. The van der Waals surface area contributed by atoms with Gasteiger partial charge in [0.1, 0.15) is 0 Å². The number of carbonyl (C=O) groups excluding carboxylic acids is 2. The molecule has 1 saturated heterocycles. The molecule has 1 aromatic carbocycles. The van der Waals surface area contributed by atoms with Crippen molar-refractivity contribution in [1.82, 2.24) is 9.97 Å². The molecule has 30 heavy (non-hydrogen) atoms. The number of rotatable bonds is 7. The minimum atomic E-state index is -0.204. The van der Waals surface area contributed by atoms with E-state index in [2.05, 4.69) is 20.2 Å². The Labute approximate surface area is 181 Å². The smallest absolute Gasteiger partial charge is 0.224 e. The van der Waals surface area contributed by atoms with Crippen LogP contribution in [0.25, 0.3) is 0 Å². The van der Waals surface area contributed by atoms with Crippen molar-refractivity contribution in [2.24, 2.45) is 11.7 Å². The van der Waals surface area contributed by atoms with Gasteiger partial charge in [-0.2, -0.15) is 0 Å². The number of carbonyl (C=O) groups is 2. The van der Waals surface area contributed by atoms with E-state index >= 15 is 0 Å². The molecule has 3 N–H and O–H groups in total. The number of aryl methyl sites for hydroxylation is 2. The van der Waals surface area contributed by atoms with Crippen molar-refractivity contribution in [2.45, 2.75) is 44.7 Å². The lowest BCUT2D eigenvalue weighted by atomic mass is 9.96. The number of nitrogens with two attached hydrogens (primary N) is 1. The van der Waals surface area contributed by atoms with Gasteiger partial charge >= 0.3 is 0 Å². The third-order valence-corrected chi connectivity index (χ3v) is 6.15.